The van der Waals surface area contributed by atoms with Gasteiger partial charge >= 0.3 is 0 Å². The van der Waals surface area contributed by atoms with Crippen molar-refractivity contribution in [2.45, 2.75) is 51.2 Å². The Kier molecular flexibility index (Phi) is 3.33. The Hall–Kier alpha value is -1.69. The molecular weight excluding hydrogens is 242 g/mol. The summed E-state index contributed by atoms with van der Waals surface area (Å²) in [5, 5.41) is 11.7. The van der Waals surface area contributed by atoms with Gasteiger partial charge in [-0.1, -0.05) is 5.16 Å². The van der Waals surface area contributed by atoms with Crippen LogP contribution in [0.25, 0.3) is 0 Å². The maximum Gasteiger partial charge on any atom is 0.240 e. The summed E-state index contributed by atoms with van der Waals surface area (Å²) in [5.74, 6) is 2.07. The molecule has 0 amide bonds. The largest absolute Gasteiger partial charge is 0.338 e. The predicted molar refractivity (Wildman–Crippen MR) is 69.5 cm³/mol. The van der Waals surface area contributed by atoms with E-state index in [1.165, 1.54) is 12.8 Å². The van der Waals surface area contributed by atoms with Crippen molar-refractivity contribution < 1.29 is 4.52 Å². The molecule has 1 fully saturated rings. The van der Waals surface area contributed by atoms with Gasteiger partial charge in [-0.25, -0.2) is 0 Å². The molecular formula is C13H19N5O. The summed E-state index contributed by atoms with van der Waals surface area (Å²) in [4.78, 5) is 4.40. The molecule has 1 aliphatic carbocycles. The molecule has 6 nitrogen and oxygen atoms in total. The highest BCUT2D eigenvalue weighted by molar-refractivity contribution is 5.03. The van der Waals surface area contributed by atoms with Crippen molar-refractivity contribution in [1.29, 1.82) is 0 Å². The molecule has 2 aromatic rings. The molecule has 0 unspecified atom stereocenters. The molecule has 1 saturated carbocycles. The minimum absolute atomic E-state index is 0.274. The van der Waals surface area contributed by atoms with Gasteiger partial charge in [-0.3, -0.25) is 4.68 Å². The molecule has 102 valence electrons. The number of hydrogen-bond donors (Lipinski definition) is 1. The fourth-order valence-corrected chi connectivity index (χ4v) is 2.02. The minimum Gasteiger partial charge on any atom is -0.338 e. The van der Waals surface area contributed by atoms with E-state index in [0.717, 1.165) is 5.82 Å². The average molecular weight is 261 g/mol. The van der Waals surface area contributed by atoms with E-state index in [1.807, 2.05) is 16.9 Å². The molecule has 0 spiro atoms. The first-order chi connectivity index (χ1) is 9.24. The summed E-state index contributed by atoms with van der Waals surface area (Å²) in [6.07, 6.45) is 6.15. The molecule has 1 N–H and O–H groups in total. The lowest BCUT2D eigenvalue weighted by molar-refractivity contribution is 0.323. The standard InChI is InChI=1S/C13H19N5O/c1-9(10(2)18-7-3-6-15-18)14-8-12-16-13(17-19-12)11-4-5-11/h3,6-7,9-11,14H,4-5,8H2,1-2H3/t9-,10+/m1/s1. The predicted octanol–water partition coefficient (Wildman–Crippen LogP) is 1.88. The van der Waals surface area contributed by atoms with E-state index in [-0.39, 0.29) is 12.1 Å². The van der Waals surface area contributed by atoms with Crippen LogP contribution in [0.2, 0.25) is 0 Å². The molecule has 2 aromatic heterocycles. The molecule has 1 aliphatic rings. The highest BCUT2D eigenvalue weighted by atomic mass is 16.5. The van der Waals surface area contributed by atoms with E-state index in [0.29, 0.717) is 18.4 Å². The Balaban J connectivity index is 1.53. The summed E-state index contributed by atoms with van der Waals surface area (Å²) in [6, 6.07) is 2.49. The van der Waals surface area contributed by atoms with Crippen molar-refractivity contribution in [3.63, 3.8) is 0 Å². The van der Waals surface area contributed by atoms with Gasteiger partial charge < -0.3 is 9.84 Å². The molecule has 19 heavy (non-hydrogen) atoms. The lowest BCUT2D eigenvalue weighted by Crippen LogP contribution is -2.33. The van der Waals surface area contributed by atoms with Gasteiger partial charge in [0.15, 0.2) is 5.82 Å². The van der Waals surface area contributed by atoms with Gasteiger partial charge in [0.05, 0.1) is 12.6 Å². The van der Waals surface area contributed by atoms with Gasteiger partial charge in [-0.15, -0.1) is 0 Å². The normalized spacial score (nSPS) is 18.4. The Labute approximate surface area is 112 Å². The fraction of sp³-hybridized carbons (Fsp3) is 0.615. The summed E-state index contributed by atoms with van der Waals surface area (Å²) >= 11 is 0. The number of rotatable bonds is 6. The lowest BCUT2D eigenvalue weighted by Gasteiger charge is -2.20. The van der Waals surface area contributed by atoms with E-state index in [1.54, 1.807) is 6.20 Å². The van der Waals surface area contributed by atoms with Crippen LogP contribution in [0, 0.1) is 0 Å². The van der Waals surface area contributed by atoms with Crippen LogP contribution in [0.1, 0.15) is 50.4 Å². The van der Waals surface area contributed by atoms with E-state index >= 15 is 0 Å². The van der Waals surface area contributed by atoms with E-state index in [4.69, 9.17) is 4.52 Å². The van der Waals surface area contributed by atoms with Crippen LogP contribution in [0.4, 0.5) is 0 Å². The highest BCUT2D eigenvalue weighted by Gasteiger charge is 2.28. The highest BCUT2D eigenvalue weighted by Crippen LogP contribution is 2.38. The van der Waals surface area contributed by atoms with Crippen molar-refractivity contribution in [2.75, 3.05) is 0 Å². The van der Waals surface area contributed by atoms with Gasteiger partial charge in [-0.05, 0) is 32.8 Å². The van der Waals surface area contributed by atoms with Crippen LogP contribution in [-0.2, 0) is 6.54 Å². The van der Waals surface area contributed by atoms with Crippen molar-refractivity contribution in [2.24, 2.45) is 0 Å². The molecule has 3 rings (SSSR count). The number of hydrogen-bond acceptors (Lipinski definition) is 5. The second-order valence-electron chi connectivity index (χ2n) is 5.22. The summed E-state index contributed by atoms with van der Waals surface area (Å²) in [5.41, 5.74) is 0. The molecule has 0 bridgehead atoms. The van der Waals surface area contributed by atoms with Crippen molar-refractivity contribution >= 4 is 0 Å². The van der Waals surface area contributed by atoms with Gasteiger partial charge in [0, 0.05) is 24.4 Å². The van der Waals surface area contributed by atoms with Crippen LogP contribution in [-0.4, -0.2) is 26.0 Å². The first-order valence-corrected chi connectivity index (χ1v) is 6.79. The van der Waals surface area contributed by atoms with Gasteiger partial charge in [0.1, 0.15) is 0 Å². The second-order valence-corrected chi connectivity index (χ2v) is 5.22. The van der Waals surface area contributed by atoms with Crippen molar-refractivity contribution in [1.82, 2.24) is 25.2 Å². The third kappa shape index (κ3) is 2.84. The van der Waals surface area contributed by atoms with Crippen LogP contribution in [0.5, 0.6) is 0 Å². The topological polar surface area (TPSA) is 68.8 Å². The Morgan fingerprint density at radius 1 is 1.47 bits per heavy atom. The number of nitrogens with zero attached hydrogens (tertiary/aromatic N) is 4. The molecule has 2 atom stereocenters. The van der Waals surface area contributed by atoms with E-state index < -0.39 is 0 Å². The molecule has 6 heteroatoms. The van der Waals surface area contributed by atoms with Gasteiger partial charge in [-0.2, -0.15) is 10.1 Å². The Bertz CT molecular complexity index is 517. The molecule has 0 aromatic carbocycles. The van der Waals surface area contributed by atoms with Crippen LogP contribution in [0.3, 0.4) is 0 Å². The molecule has 0 radical (unpaired) electrons. The lowest BCUT2D eigenvalue weighted by atomic mass is 10.2. The third-order valence-corrected chi connectivity index (χ3v) is 3.67. The van der Waals surface area contributed by atoms with Gasteiger partial charge in [0.2, 0.25) is 5.89 Å². The van der Waals surface area contributed by atoms with Crippen LogP contribution < -0.4 is 5.32 Å². The first kappa shape index (κ1) is 12.3. The molecule has 2 heterocycles. The van der Waals surface area contributed by atoms with Crippen molar-refractivity contribution in [3.8, 4) is 0 Å². The zero-order chi connectivity index (χ0) is 13.2. The molecule has 0 saturated heterocycles. The van der Waals surface area contributed by atoms with Crippen molar-refractivity contribution in [3.05, 3.63) is 30.2 Å². The summed E-state index contributed by atoms with van der Waals surface area (Å²) < 4.78 is 7.19. The SMILES string of the molecule is C[C@@H](NCc1nc(C2CC2)no1)[C@H](C)n1cccn1. The Morgan fingerprint density at radius 2 is 2.32 bits per heavy atom. The van der Waals surface area contributed by atoms with E-state index in [9.17, 15) is 0 Å². The zero-order valence-electron chi connectivity index (χ0n) is 11.3. The number of nitrogens with one attached hydrogen (secondary N) is 1. The average Bonchev–Trinajstić information content (AvgIpc) is 2.96. The van der Waals surface area contributed by atoms with Crippen LogP contribution in [0.15, 0.2) is 23.0 Å². The maximum atomic E-state index is 5.24. The maximum absolute atomic E-state index is 5.24. The summed E-state index contributed by atoms with van der Waals surface area (Å²) in [7, 11) is 0. The quantitative estimate of drug-likeness (QED) is 0.860. The minimum atomic E-state index is 0.274. The smallest absolute Gasteiger partial charge is 0.240 e. The Morgan fingerprint density at radius 3 is 3.00 bits per heavy atom. The number of aromatic nitrogens is 4. The monoisotopic (exact) mass is 261 g/mol. The summed E-state index contributed by atoms with van der Waals surface area (Å²) in [6.45, 7) is 4.87. The van der Waals surface area contributed by atoms with Crippen LogP contribution >= 0.6 is 0 Å². The second kappa shape index (κ2) is 5.13. The third-order valence-electron chi connectivity index (χ3n) is 3.67. The zero-order valence-corrected chi connectivity index (χ0v) is 11.3. The fourth-order valence-electron chi connectivity index (χ4n) is 2.02. The van der Waals surface area contributed by atoms with E-state index in [2.05, 4.69) is 34.4 Å². The molecule has 0 aliphatic heterocycles. The first-order valence-electron chi connectivity index (χ1n) is 6.79. The van der Waals surface area contributed by atoms with Gasteiger partial charge in [0.25, 0.3) is 0 Å².